The van der Waals surface area contributed by atoms with E-state index in [2.05, 4.69) is 0 Å². The normalized spacial score (nSPS) is 10.9. The summed E-state index contributed by atoms with van der Waals surface area (Å²) < 4.78 is 17.2. The standard InChI is InChI=1S/C26H21ClO5/c1-15-12-16(2)23-22(13-15)32-25(18-6-10-20(30-3)11-7-18)26(24(23)29)31-14-21(28)17-4-8-19(27)9-5-17/h4-13H,14H2,1-3H3. The second-order valence-corrected chi connectivity index (χ2v) is 7.93. The lowest BCUT2D eigenvalue weighted by Crippen LogP contribution is -2.17. The van der Waals surface area contributed by atoms with Gasteiger partial charge in [0.1, 0.15) is 11.3 Å². The topological polar surface area (TPSA) is 65.7 Å². The zero-order chi connectivity index (χ0) is 22.8. The second kappa shape index (κ2) is 8.89. The Labute approximate surface area is 190 Å². The lowest BCUT2D eigenvalue weighted by Gasteiger charge is -2.13. The molecule has 0 amide bonds. The number of Topliss-reactive ketones (excluding diaryl/α,β-unsaturated/α-hetero) is 1. The lowest BCUT2D eigenvalue weighted by atomic mass is 10.0. The quantitative estimate of drug-likeness (QED) is 0.338. The van der Waals surface area contributed by atoms with Crippen LogP contribution in [0.4, 0.5) is 0 Å². The van der Waals surface area contributed by atoms with Crippen molar-refractivity contribution in [3.05, 3.63) is 92.6 Å². The summed E-state index contributed by atoms with van der Waals surface area (Å²) in [4.78, 5) is 26.1. The average molecular weight is 449 g/mol. The van der Waals surface area contributed by atoms with Gasteiger partial charge in [-0.1, -0.05) is 17.7 Å². The SMILES string of the molecule is COc1ccc(-c2oc3cc(C)cc(C)c3c(=O)c2OCC(=O)c2ccc(Cl)cc2)cc1. The third kappa shape index (κ3) is 4.25. The maximum absolute atomic E-state index is 13.4. The van der Waals surface area contributed by atoms with Gasteiger partial charge in [0.15, 0.2) is 18.2 Å². The highest BCUT2D eigenvalue weighted by Crippen LogP contribution is 2.33. The van der Waals surface area contributed by atoms with Gasteiger partial charge in [0, 0.05) is 16.1 Å². The molecule has 5 nitrogen and oxygen atoms in total. The summed E-state index contributed by atoms with van der Waals surface area (Å²) in [6.07, 6.45) is 0. The molecule has 0 saturated carbocycles. The molecule has 0 bridgehead atoms. The number of halogens is 1. The van der Waals surface area contributed by atoms with E-state index in [1.165, 1.54) is 0 Å². The molecular formula is C26H21ClO5. The van der Waals surface area contributed by atoms with Crippen LogP contribution in [0.15, 0.2) is 69.9 Å². The first-order valence-corrected chi connectivity index (χ1v) is 10.4. The van der Waals surface area contributed by atoms with E-state index in [1.54, 1.807) is 55.6 Å². The molecule has 0 unspecified atom stereocenters. The van der Waals surface area contributed by atoms with E-state index in [0.717, 1.165) is 11.1 Å². The summed E-state index contributed by atoms with van der Waals surface area (Å²) >= 11 is 5.90. The lowest BCUT2D eigenvalue weighted by molar-refractivity contribution is 0.0920. The molecule has 0 aliphatic carbocycles. The van der Waals surface area contributed by atoms with Gasteiger partial charge in [0.2, 0.25) is 11.2 Å². The number of methoxy groups -OCH3 is 1. The second-order valence-electron chi connectivity index (χ2n) is 7.49. The first-order valence-electron chi connectivity index (χ1n) is 10.0. The van der Waals surface area contributed by atoms with Crippen LogP contribution in [0, 0.1) is 13.8 Å². The van der Waals surface area contributed by atoms with Crippen LogP contribution in [0.2, 0.25) is 5.02 Å². The number of benzene rings is 3. The summed E-state index contributed by atoms with van der Waals surface area (Å²) in [5.74, 6) is 0.655. The average Bonchev–Trinajstić information content (AvgIpc) is 2.78. The van der Waals surface area contributed by atoms with E-state index in [1.807, 2.05) is 26.0 Å². The molecule has 3 aromatic carbocycles. The molecule has 0 spiro atoms. The van der Waals surface area contributed by atoms with Crippen LogP contribution >= 0.6 is 11.6 Å². The number of carbonyl (C=O) groups excluding carboxylic acids is 1. The molecule has 6 heteroatoms. The van der Waals surface area contributed by atoms with Crippen LogP contribution in [0.3, 0.4) is 0 Å². The highest BCUT2D eigenvalue weighted by atomic mass is 35.5. The third-order valence-electron chi connectivity index (χ3n) is 5.16. The molecular weight excluding hydrogens is 428 g/mol. The molecule has 4 aromatic rings. The minimum atomic E-state index is -0.321. The number of hydrogen-bond donors (Lipinski definition) is 0. The zero-order valence-corrected chi connectivity index (χ0v) is 18.7. The maximum atomic E-state index is 13.4. The smallest absolute Gasteiger partial charge is 0.235 e. The van der Waals surface area contributed by atoms with Gasteiger partial charge in [0.05, 0.1) is 12.5 Å². The van der Waals surface area contributed by atoms with E-state index >= 15 is 0 Å². The van der Waals surface area contributed by atoms with E-state index in [-0.39, 0.29) is 29.3 Å². The summed E-state index contributed by atoms with van der Waals surface area (Å²) in [6, 6.07) is 17.3. The fourth-order valence-electron chi connectivity index (χ4n) is 3.59. The van der Waals surface area contributed by atoms with E-state index in [4.69, 9.17) is 25.5 Å². The van der Waals surface area contributed by atoms with Crippen molar-refractivity contribution in [2.45, 2.75) is 13.8 Å². The van der Waals surface area contributed by atoms with Crippen LogP contribution in [-0.4, -0.2) is 19.5 Å². The Hall–Kier alpha value is -3.57. The molecule has 0 fully saturated rings. The minimum absolute atomic E-state index is 0.00284. The van der Waals surface area contributed by atoms with Crippen LogP contribution in [0.1, 0.15) is 21.5 Å². The van der Waals surface area contributed by atoms with Crippen molar-refractivity contribution < 1.29 is 18.7 Å². The molecule has 1 aromatic heterocycles. The third-order valence-corrected chi connectivity index (χ3v) is 5.41. The summed E-state index contributed by atoms with van der Waals surface area (Å²) in [6.45, 7) is 3.47. The molecule has 32 heavy (non-hydrogen) atoms. The van der Waals surface area contributed by atoms with Crippen LogP contribution in [0.25, 0.3) is 22.3 Å². The molecule has 0 aliphatic rings. The van der Waals surface area contributed by atoms with E-state index in [0.29, 0.717) is 32.9 Å². The van der Waals surface area contributed by atoms with Crippen LogP contribution in [-0.2, 0) is 0 Å². The largest absolute Gasteiger partial charge is 0.497 e. The van der Waals surface area contributed by atoms with Crippen LogP contribution < -0.4 is 14.9 Å². The van der Waals surface area contributed by atoms with Crippen molar-refractivity contribution in [3.8, 4) is 22.8 Å². The summed E-state index contributed by atoms with van der Waals surface area (Å²) in [5.41, 5.74) is 2.98. The van der Waals surface area contributed by atoms with Gasteiger partial charge < -0.3 is 13.9 Å². The molecule has 4 rings (SSSR count). The van der Waals surface area contributed by atoms with Crippen LogP contribution in [0.5, 0.6) is 11.5 Å². The van der Waals surface area contributed by atoms with Crippen molar-refractivity contribution >= 4 is 28.4 Å². The molecule has 0 aliphatic heterocycles. The van der Waals surface area contributed by atoms with Crippen molar-refractivity contribution in [2.24, 2.45) is 0 Å². The Balaban J connectivity index is 1.81. The molecule has 0 N–H and O–H groups in total. The number of aryl methyl sites for hydroxylation is 2. The van der Waals surface area contributed by atoms with Crippen molar-refractivity contribution in [1.29, 1.82) is 0 Å². The first-order chi connectivity index (χ1) is 15.4. The fraction of sp³-hybridized carbons (Fsp3) is 0.154. The molecule has 1 heterocycles. The number of hydrogen-bond acceptors (Lipinski definition) is 5. The van der Waals surface area contributed by atoms with Crippen molar-refractivity contribution in [3.63, 3.8) is 0 Å². The van der Waals surface area contributed by atoms with Gasteiger partial charge in [-0.25, -0.2) is 0 Å². The fourth-order valence-corrected chi connectivity index (χ4v) is 3.72. The van der Waals surface area contributed by atoms with Crippen molar-refractivity contribution in [2.75, 3.05) is 13.7 Å². The Morgan fingerprint density at radius 2 is 1.69 bits per heavy atom. The van der Waals surface area contributed by atoms with E-state index < -0.39 is 0 Å². The Kier molecular flexibility index (Phi) is 6.01. The number of ketones is 1. The van der Waals surface area contributed by atoms with Gasteiger partial charge in [-0.3, -0.25) is 9.59 Å². The predicted molar refractivity (Wildman–Crippen MR) is 125 cm³/mol. The Morgan fingerprint density at radius 1 is 1.00 bits per heavy atom. The molecule has 162 valence electrons. The zero-order valence-electron chi connectivity index (χ0n) is 17.9. The van der Waals surface area contributed by atoms with Gasteiger partial charge in [-0.05, 0) is 79.6 Å². The number of fused-ring (bicyclic) bond motifs is 1. The molecule has 0 radical (unpaired) electrons. The highest BCUT2D eigenvalue weighted by molar-refractivity contribution is 6.30. The minimum Gasteiger partial charge on any atom is -0.497 e. The summed E-state index contributed by atoms with van der Waals surface area (Å²) in [7, 11) is 1.58. The number of rotatable bonds is 6. The number of carbonyl (C=O) groups is 1. The van der Waals surface area contributed by atoms with Crippen molar-refractivity contribution in [1.82, 2.24) is 0 Å². The molecule has 0 atom stereocenters. The first kappa shape index (κ1) is 21.7. The highest BCUT2D eigenvalue weighted by Gasteiger charge is 2.20. The van der Waals surface area contributed by atoms with E-state index in [9.17, 15) is 9.59 Å². The predicted octanol–water partition coefficient (Wildman–Crippen LogP) is 6.00. The van der Waals surface area contributed by atoms with Gasteiger partial charge in [-0.15, -0.1) is 0 Å². The monoisotopic (exact) mass is 448 g/mol. The Morgan fingerprint density at radius 3 is 2.34 bits per heavy atom. The number of ether oxygens (including phenoxy) is 2. The Bertz CT molecular complexity index is 1350. The van der Waals surface area contributed by atoms with Gasteiger partial charge >= 0.3 is 0 Å². The van der Waals surface area contributed by atoms with Gasteiger partial charge in [0.25, 0.3) is 0 Å². The van der Waals surface area contributed by atoms with Gasteiger partial charge in [-0.2, -0.15) is 0 Å². The summed E-state index contributed by atoms with van der Waals surface area (Å²) in [5, 5.41) is 0.965. The molecule has 0 saturated heterocycles. The maximum Gasteiger partial charge on any atom is 0.235 e.